The van der Waals surface area contributed by atoms with Gasteiger partial charge in [-0.25, -0.2) is 12.8 Å². The lowest BCUT2D eigenvalue weighted by molar-refractivity contribution is 0.398. The summed E-state index contributed by atoms with van der Waals surface area (Å²) in [5, 5.41) is 3.86. The van der Waals surface area contributed by atoms with E-state index in [0.717, 1.165) is 24.5 Å². The van der Waals surface area contributed by atoms with Gasteiger partial charge in [-0.05, 0) is 69.4 Å². The Bertz CT molecular complexity index is 742. The van der Waals surface area contributed by atoms with Gasteiger partial charge in [0.2, 0.25) is 10.0 Å². The summed E-state index contributed by atoms with van der Waals surface area (Å²) >= 11 is 4.58. The van der Waals surface area contributed by atoms with Crippen molar-refractivity contribution < 1.29 is 12.8 Å². The minimum atomic E-state index is -3.68. The molecule has 0 radical (unpaired) electrons. The summed E-state index contributed by atoms with van der Waals surface area (Å²) in [4.78, 5) is 0.00493. The van der Waals surface area contributed by atoms with Gasteiger partial charge in [-0.2, -0.15) is 15.6 Å². The van der Waals surface area contributed by atoms with Gasteiger partial charge in [0.05, 0.1) is 9.37 Å². The van der Waals surface area contributed by atoms with Crippen LogP contribution in [0.15, 0.2) is 44.4 Å². The molecule has 1 aromatic heterocycles. The molecule has 1 aromatic carbocycles. The molecule has 0 bridgehead atoms. The van der Waals surface area contributed by atoms with Crippen molar-refractivity contribution in [2.45, 2.75) is 30.3 Å². The summed E-state index contributed by atoms with van der Waals surface area (Å²) in [6.45, 7) is 0.341. The minimum absolute atomic E-state index is 0.00493. The molecule has 1 fully saturated rings. The average Bonchev–Trinajstić information content (AvgIpc) is 3.15. The van der Waals surface area contributed by atoms with Crippen molar-refractivity contribution in [2.75, 3.05) is 0 Å². The molecule has 3 nitrogen and oxygen atoms in total. The van der Waals surface area contributed by atoms with Gasteiger partial charge in [-0.3, -0.25) is 0 Å². The van der Waals surface area contributed by atoms with Crippen LogP contribution >= 0.6 is 27.3 Å². The van der Waals surface area contributed by atoms with E-state index >= 15 is 0 Å². The zero-order valence-electron chi connectivity index (χ0n) is 11.0. The molecule has 1 aliphatic rings. The van der Waals surface area contributed by atoms with Gasteiger partial charge in [0.1, 0.15) is 5.82 Å². The summed E-state index contributed by atoms with van der Waals surface area (Å²) < 4.78 is 40.9. The Morgan fingerprint density at radius 1 is 1.33 bits per heavy atom. The summed E-state index contributed by atoms with van der Waals surface area (Å²) in [5.41, 5.74) is 0.966. The normalized spacial score (nSPS) is 15.6. The molecule has 0 atom stereocenters. The fourth-order valence-electron chi connectivity index (χ4n) is 2.11. The Morgan fingerprint density at radius 2 is 2.10 bits per heavy atom. The molecule has 7 heteroatoms. The first-order valence-electron chi connectivity index (χ1n) is 6.46. The Kier molecular flexibility index (Phi) is 4.18. The molecule has 0 saturated heterocycles. The molecule has 1 heterocycles. The zero-order valence-corrected chi connectivity index (χ0v) is 14.2. The van der Waals surface area contributed by atoms with Gasteiger partial charge < -0.3 is 0 Å². The van der Waals surface area contributed by atoms with E-state index in [1.54, 1.807) is 0 Å². The topological polar surface area (TPSA) is 37.4 Å². The van der Waals surface area contributed by atoms with Crippen LogP contribution in [-0.4, -0.2) is 18.8 Å². The average molecular weight is 390 g/mol. The number of sulfonamides is 1. The minimum Gasteiger partial charge on any atom is -0.207 e. The summed E-state index contributed by atoms with van der Waals surface area (Å²) in [6.07, 6.45) is 1.73. The number of hydrogen-bond donors (Lipinski definition) is 0. The van der Waals surface area contributed by atoms with E-state index in [-0.39, 0.29) is 15.4 Å². The van der Waals surface area contributed by atoms with Gasteiger partial charge in [-0.15, -0.1) is 0 Å². The molecule has 0 aliphatic heterocycles. The molecule has 0 N–H and O–H groups in total. The first-order valence-corrected chi connectivity index (χ1v) is 9.64. The van der Waals surface area contributed by atoms with Crippen LogP contribution in [0, 0.1) is 5.82 Å². The van der Waals surface area contributed by atoms with Gasteiger partial charge in [0, 0.05) is 12.6 Å². The van der Waals surface area contributed by atoms with Crippen molar-refractivity contribution in [2.24, 2.45) is 0 Å². The lowest BCUT2D eigenvalue weighted by Crippen LogP contribution is -2.32. The molecular formula is C14H13BrFNO2S2. The molecular weight excluding hydrogens is 377 g/mol. The van der Waals surface area contributed by atoms with Crippen LogP contribution < -0.4 is 0 Å². The van der Waals surface area contributed by atoms with Gasteiger partial charge in [0.25, 0.3) is 0 Å². The van der Waals surface area contributed by atoms with E-state index in [2.05, 4.69) is 15.9 Å². The molecule has 3 rings (SSSR count). The van der Waals surface area contributed by atoms with Crippen molar-refractivity contribution in [3.63, 3.8) is 0 Å². The molecule has 0 amide bonds. The van der Waals surface area contributed by atoms with E-state index in [9.17, 15) is 12.8 Å². The van der Waals surface area contributed by atoms with Crippen molar-refractivity contribution in [3.8, 4) is 0 Å². The van der Waals surface area contributed by atoms with E-state index < -0.39 is 15.8 Å². The van der Waals surface area contributed by atoms with Crippen LogP contribution in [0.1, 0.15) is 18.4 Å². The van der Waals surface area contributed by atoms with Crippen molar-refractivity contribution in [1.82, 2.24) is 4.31 Å². The zero-order chi connectivity index (χ0) is 15.0. The van der Waals surface area contributed by atoms with Crippen molar-refractivity contribution >= 4 is 37.3 Å². The standard InChI is InChI=1S/C14H13BrFNO2S2/c15-13-4-3-12(7-14(13)16)21(18,19)17(11-1-2-11)8-10-5-6-20-9-10/h3-7,9,11H,1-2,8H2. The van der Waals surface area contributed by atoms with Crippen molar-refractivity contribution in [1.29, 1.82) is 0 Å². The lowest BCUT2D eigenvalue weighted by Gasteiger charge is -2.21. The van der Waals surface area contributed by atoms with Crippen LogP contribution in [0.4, 0.5) is 4.39 Å². The van der Waals surface area contributed by atoms with Crippen LogP contribution in [0.2, 0.25) is 0 Å². The molecule has 112 valence electrons. The van der Waals surface area contributed by atoms with E-state index in [0.29, 0.717) is 6.54 Å². The Hall–Kier alpha value is -0.760. The maximum atomic E-state index is 13.6. The third-order valence-electron chi connectivity index (χ3n) is 3.37. The first-order chi connectivity index (χ1) is 9.98. The SMILES string of the molecule is O=S(=O)(c1ccc(Br)c(F)c1)N(Cc1ccsc1)C1CC1. The second-order valence-electron chi connectivity index (χ2n) is 4.99. The van der Waals surface area contributed by atoms with Gasteiger partial charge in [-0.1, -0.05) is 0 Å². The number of benzene rings is 1. The number of halogens is 2. The van der Waals surface area contributed by atoms with Gasteiger partial charge in [0.15, 0.2) is 0 Å². The highest BCUT2D eigenvalue weighted by atomic mass is 79.9. The van der Waals surface area contributed by atoms with E-state index in [1.165, 1.54) is 27.8 Å². The van der Waals surface area contributed by atoms with Crippen LogP contribution in [0.3, 0.4) is 0 Å². The highest BCUT2D eigenvalue weighted by Gasteiger charge is 2.38. The predicted octanol–water partition coefficient (Wildman–Crippen LogP) is 4.00. The number of rotatable bonds is 5. The molecule has 1 saturated carbocycles. The Labute approximate surface area is 135 Å². The number of thiophene rings is 1. The summed E-state index contributed by atoms with van der Waals surface area (Å²) in [7, 11) is -3.68. The molecule has 0 unspecified atom stereocenters. The third-order valence-corrected chi connectivity index (χ3v) is 6.64. The summed E-state index contributed by atoms with van der Waals surface area (Å²) in [5.74, 6) is -0.567. The second-order valence-corrected chi connectivity index (χ2v) is 8.51. The maximum absolute atomic E-state index is 13.6. The third kappa shape index (κ3) is 3.21. The van der Waals surface area contributed by atoms with E-state index in [4.69, 9.17) is 0 Å². The monoisotopic (exact) mass is 389 g/mol. The van der Waals surface area contributed by atoms with Gasteiger partial charge >= 0.3 is 0 Å². The fourth-order valence-corrected chi connectivity index (χ4v) is 4.70. The first kappa shape index (κ1) is 15.1. The number of nitrogens with zero attached hydrogens (tertiary/aromatic N) is 1. The molecule has 1 aliphatic carbocycles. The highest BCUT2D eigenvalue weighted by Crippen LogP contribution is 2.34. The van der Waals surface area contributed by atoms with Crippen molar-refractivity contribution in [3.05, 3.63) is 50.9 Å². The maximum Gasteiger partial charge on any atom is 0.243 e. The predicted molar refractivity (Wildman–Crippen MR) is 84.2 cm³/mol. The fraction of sp³-hybridized carbons (Fsp3) is 0.286. The molecule has 21 heavy (non-hydrogen) atoms. The Morgan fingerprint density at radius 3 is 2.67 bits per heavy atom. The van der Waals surface area contributed by atoms with Crippen LogP contribution in [-0.2, 0) is 16.6 Å². The number of hydrogen-bond acceptors (Lipinski definition) is 3. The largest absolute Gasteiger partial charge is 0.243 e. The second kappa shape index (κ2) is 5.79. The molecule has 2 aromatic rings. The highest BCUT2D eigenvalue weighted by molar-refractivity contribution is 9.10. The van der Waals surface area contributed by atoms with E-state index in [1.807, 2.05) is 16.8 Å². The summed E-state index contributed by atoms with van der Waals surface area (Å²) in [6, 6.07) is 5.88. The lowest BCUT2D eigenvalue weighted by atomic mass is 10.3. The smallest absolute Gasteiger partial charge is 0.207 e. The van der Waals surface area contributed by atoms with Crippen LogP contribution in [0.5, 0.6) is 0 Å². The van der Waals surface area contributed by atoms with Crippen LogP contribution in [0.25, 0.3) is 0 Å². The Balaban J connectivity index is 1.95. The molecule has 0 spiro atoms. The quantitative estimate of drug-likeness (QED) is 0.774.